The molecule has 7 rings (SSSR count). The standard InChI is InChI=1S/C36H33N/c1-35(2)28-14-7-5-11-26(28)33-25(13-9-16-30(33)35)23-19-21-24(22-20-23)37-32-18-10-17-31-34(32)27-12-6-8-15-29(27)36(31,3)4/h5-13,15-22,28,37H,14H2,1-4H3. The van der Waals surface area contributed by atoms with E-state index >= 15 is 0 Å². The van der Waals surface area contributed by atoms with E-state index in [9.17, 15) is 0 Å². The van der Waals surface area contributed by atoms with Crippen LogP contribution in [0.2, 0.25) is 0 Å². The number of fused-ring (bicyclic) bond motifs is 6. The van der Waals surface area contributed by atoms with Crippen LogP contribution in [0.15, 0.2) is 103 Å². The summed E-state index contributed by atoms with van der Waals surface area (Å²) in [5.74, 6) is 0.557. The monoisotopic (exact) mass is 479 g/mol. The second-order valence-electron chi connectivity index (χ2n) is 11.9. The van der Waals surface area contributed by atoms with E-state index in [-0.39, 0.29) is 10.8 Å². The maximum Gasteiger partial charge on any atom is 0.0467 e. The van der Waals surface area contributed by atoms with Crippen molar-refractivity contribution in [3.05, 3.63) is 125 Å². The lowest BCUT2D eigenvalue weighted by molar-refractivity contribution is 0.414. The molecule has 0 saturated carbocycles. The van der Waals surface area contributed by atoms with E-state index < -0.39 is 0 Å². The van der Waals surface area contributed by atoms with Gasteiger partial charge in [-0.05, 0) is 80.5 Å². The van der Waals surface area contributed by atoms with Gasteiger partial charge in [0.05, 0.1) is 0 Å². The Morgan fingerprint density at radius 3 is 2.22 bits per heavy atom. The van der Waals surface area contributed by atoms with Gasteiger partial charge in [0, 0.05) is 22.4 Å². The van der Waals surface area contributed by atoms with E-state index in [0.29, 0.717) is 5.92 Å². The Labute approximate surface area is 220 Å². The van der Waals surface area contributed by atoms with Crippen LogP contribution in [-0.4, -0.2) is 0 Å². The number of hydrogen-bond acceptors (Lipinski definition) is 1. The fourth-order valence-electron chi connectivity index (χ4n) is 7.15. The summed E-state index contributed by atoms with van der Waals surface area (Å²) < 4.78 is 0. The molecule has 3 aliphatic carbocycles. The largest absolute Gasteiger partial charge is 0.355 e. The summed E-state index contributed by atoms with van der Waals surface area (Å²) in [6, 6.07) is 31.4. The first-order chi connectivity index (χ1) is 17.9. The van der Waals surface area contributed by atoms with E-state index in [0.717, 1.165) is 12.1 Å². The number of rotatable bonds is 3. The summed E-state index contributed by atoms with van der Waals surface area (Å²) >= 11 is 0. The maximum absolute atomic E-state index is 3.75. The van der Waals surface area contributed by atoms with Crippen LogP contribution in [0.1, 0.15) is 56.4 Å². The van der Waals surface area contributed by atoms with Gasteiger partial charge in [-0.3, -0.25) is 0 Å². The molecule has 182 valence electrons. The second kappa shape index (κ2) is 7.83. The first-order valence-corrected chi connectivity index (χ1v) is 13.5. The van der Waals surface area contributed by atoms with Gasteiger partial charge >= 0.3 is 0 Å². The van der Waals surface area contributed by atoms with E-state index in [2.05, 4.69) is 136 Å². The lowest BCUT2D eigenvalue weighted by atomic mass is 9.75. The smallest absolute Gasteiger partial charge is 0.0467 e. The highest BCUT2D eigenvalue weighted by atomic mass is 14.9. The molecule has 4 aromatic carbocycles. The third kappa shape index (κ3) is 3.16. The fourth-order valence-corrected chi connectivity index (χ4v) is 7.15. The third-order valence-corrected chi connectivity index (χ3v) is 9.16. The van der Waals surface area contributed by atoms with Crippen molar-refractivity contribution in [2.75, 3.05) is 5.32 Å². The lowest BCUT2D eigenvalue weighted by Crippen LogP contribution is -2.23. The molecule has 1 unspecified atom stereocenters. The van der Waals surface area contributed by atoms with Gasteiger partial charge in [-0.25, -0.2) is 0 Å². The van der Waals surface area contributed by atoms with Crippen LogP contribution in [0.25, 0.3) is 27.8 Å². The van der Waals surface area contributed by atoms with Crippen LogP contribution >= 0.6 is 0 Å². The van der Waals surface area contributed by atoms with Gasteiger partial charge in [0.15, 0.2) is 0 Å². The van der Waals surface area contributed by atoms with Crippen LogP contribution in [0.3, 0.4) is 0 Å². The normalized spacial score (nSPS) is 19.5. The molecule has 0 radical (unpaired) electrons. The molecule has 1 heteroatoms. The van der Waals surface area contributed by atoms with Crippen molar-refractivity contribution in [2.45, 2.75) is 44.9 Å². The summed E-state index contributed by atoms with van der Waals surface area (Å²) in [6.45, 7) is 9.48. The Balaban J connectivity index is 1.26. The van der Waals surface area contributed by atoms with Crippen LogP contribution < -0.4 is 5.32 Å². The first-order valence-electron chi connectivity index (χ1n) is 13.5. The molecule has 0 saturated heterocycles. The van der Waals surface area contributed by atoms with Crippen molar-refractivity contribution in [1.82, 2.24) is 0 Å². The van der Waals surface area contributed by atoms with Crippen LogP contribution in [-0.2, 0) is 10.8 Å². The van der Waals surface area contributed by atoms with Crippen LogP contribution in [0.5, 0.6) is 0 Å². The van der Waals surface area contributed by atoms with Gasteiger partial charge in [0.2, 0.25) is 0 Å². The Hall–Kier alpha value is -3.84. The highest BCUT2D eigenvalue weighted by Crippen LogP contribution is 2.55. The zero-order valence-corrected chi connectivity index (χ0v) is 22.1. The lowest BCUT2D eigenvalue weighted by Gasteiger charge is -2.29. The predicted octanol–water partition coefficient (Wildman–Crippen LogP) is 9.65. The van der Waals surface area contributed by atoms with Crippen molar-refractivity contribution in [3.8, 4) is 22.3 Å². The third-order valence-electron chi connectivity index (χ3n) is 9.16. The van der Waals surface area contributed by atoms with Crippen LogP contribution in [0, 0.1) is 5.92 Å². The van der Waals surface area contributed by atoms with Crippen LogP contribution in [0.4, 0.5) is 11.4 Å². The van der Waals surface area contributed by atoms with Crippen molar-refractivity contribution >= 4 is 16.9 Å². The number of allylic oxidation sites excluding steroid dienone is 4. The number of anilines is 2. The number of benzene rings is 4. The molecular formula is C36H33N. The van der Waals surface area contributed by atoms with E-state index in [4.69, 9.17) is 0 Å². The average molecular weight is 480 g/mol. The van der Waals surface area contributed by atoms with Gasteiger partial charge in [0.25, 0.3) is 0 Å². The quantitative estimate of drug-likeness (QED) is 0.308. The molecule has 3 aliphatic rings. The van der Waals surface area contributed by atoms with Crippen molar-refractivity contribution < 1.29 is 0 Å². The highest BCUT2D eigenvalue weighted by molar-refractivity contribution is 5.92. The summed E-state index contributed by atoms with van der Waals surface area (Å²) in [5, 5.41) is 3.75. The second-order valence-corrected chi connectivity index (χ2v) is 11.9. The van der Waals surface area contributed by atoms with Gasteiger partial charge < -0.3 is 5.32 Å². The number of hydrogen-bond donors (Lipinski definition) is 1. The van der Waals surface area contributed by atoms with Gasteiger partial charge in [-0.2, -0.15) is 0 Å². The molecule has 0 amide bonds. The predicted molar refractivity (Wildman–Crippen MR) is 157 cm³/mol. The Morgan fingerprint density at radius 1 is 0.676 bits per heavy atom. The maximum atomic E-state index is 3.75. The minimum atomic E-state index is 0.00971. The van der Waals surface area contributed by atoms with E-state index in [1.807, 2.05) is 0 Å². The molecule has 0 fully saturated rings. The molecule has 0 aliphatic heterocycles. The Morgan fingerprint density at radius 2 is 1.38 bits per heavy atom. The van der Waals surface area contributed by atoms with Crippen molar-refractivity contribution in [2.24, 2.45) is 5.92 Å². The molecule has 0 bridgehead atoms. The molecular weight excluding hydrogens is 446 g/mol. The molecule has 1 atom stereocenters. The van der Waals surface area contributed by atoms with Gasteiger partial charge in [0.1, 0.15) is 0 Å². The summed E-state index contributed by atoms with van der Waals surface area (Å²) in [7, 11) is 0. The zero-order chi connectivity index (χ0) is 25.4. The molecule has 0 spiro atoms. The summed E-state index contributed by atoms with van der Waals surface area (Å²) in [6.07, 6.45) is 8.02. The van der Waals surface area contributed by atoms with Crippen molar-refractivity contribution in [1.29, 1.82) is 0 Å². The van der Waals surface area contributed by atoms with Gasteiger partial charge in [-0.15, -0.1) is 0 Å². The molecule has 0 aromatic heterocycles. The number of nitrogens with one attached hydrogen (secondary N) is 1. The minimum Gasteiger partial charge on any atom is -0.355 e. The average Bonchev–Trinajstić information content (AvgIpc) is 3.30. The molecule has 1 nitrogen and oxygen atoms in total. The highest BCUT2D eigenvalue weighted by Gasteiger charge is 2.43. The Kier molecular flexibility index (Phi) is 4.73. The molecule has 1 N–H and O–H groups in total. The molecule has 0 heterocycles. The zero-order valence-electron chi connectivity index (χ0n) is 22.1. The molecule has 37 heavy (non-hydrogen) atoms. The topological polar surface area (TPSA) is 12.0 Å². The SMILES string of the molecule is CC1(C)c2ccccc2-c2c(Nc3ccc(-c4cccc5c4C4=CC=CCC4C5(C)C)cc3)cccc21. The summed E-state index contributed by atoms with van der Waals surface area (Å²) in [5.41, 5.74) is 15.0. The minimum absolute atomic E-state index is 0.00971. The van der Waals surface area contributed by atoms with E-state index in [1.54, 1.807) is 0 Å². The fraction of sp³-hybridized carbons (Fsp3) is 0.222. The molecule has 4 aromatic rings. The first kappa shape index (κ1) is 22.4. The van der Waals surface area contributed by atoms with Gasteiger partial charge in [-0.1, -0.05) is 113 Å². The Bertz CT molecular complexity index is 1610. The summed E-state index contributed by atoms with van der Waals surface area (Å²) in [4.78, 5) is 0. The van der Waals surface area contributed by atoms with E-state index in [1.165, 1.54) is 55.8 Å². The van der Waals surface area contributed by atoms with Crippen molar-refractivity contribution in [3.63, 3.8) is 0 Å².